The van der Waals surface area contributed by atoms with E-state index in [1.165, 1.54) is 5.56 Å². The third-order valence-corrected chi connectivity index (χ3v) is 3.21. The van der Waals surface area contributed by atoms with Crippen molar-refractivity contribution >= 4 is 11.6 Å². The number of nitrogens with zero attached hydrogens (tertiary/aromatic N) is 2. The number of nitrogens with one attached hydrogen (secondary N) is 1. The van der Waals surface area contributed by atoms with Gasteiger partial charge >= 0.3 is 0 Å². The van der Waals surface area contributed by atoms with Crippen LogP contribution in [-0.2, 0) is 11.2 Å². The molecule has 0 saturated carbocycles. The first-order valence-corrected chi connectivity index (χ1v) is 6.11. The fourth-order valence-corrected chi connectivity index (χ4v) is 2.25. The summed E-state index contributed by atoms with van der Waals surface area (Å²) in [6.07, 6.45) is 0.723. The van der Waals surface area contributed by atoms with Crippen LogP contribution in [0, 0.1) is 17.2 Å². The van der Waals surface area contributed by atoms with Crippen LogP contribution in [0.3, 0.4) is 0 Å². The average Bonchev–Trinajstić information content (AvgIpc) is 2.81. The van der Waals surface area contributed by atoms with Gasteiger partial charge in [-0.2, -0.15) is 5.26 Å². The molecule has 2 unspecified atom stereocenters. The molecule has 2 atom stereocenters. The maximum absolute atomic E-state index is 12.2. The summed E-state index contributed by atoms with van der Waals surface area (Å²) >= 11 is 0. The Morgan fingerprint density at radius 2 is 2.33 bits per heavy atom. The van der Waals surface area contributed by atoms with Crippen molar-refractivity contribution in [1.82, 2.24) is 4.90 Å². The molecule has 0 fully saturated rings. The van der Waals surface area contributed by atoms with E-state index in [0.717, 1.165) is 12.1 Å². The van der Waals surface area contributed by atoms with E-state index in [-0.39, 0.29) is 17.9 Å². The van der Waals surface area contributed by atoms with E-state index in [1.54, 1.807) is 11.9 Å². The fraction of sp³-hybridized carbons (Fsp3) is 0.429. The van der Waals surface area contributed by atoms with Crippen molar-refractivity contribution in [2.75, 3.05) is 18.9 Å². The van der Waals surface area contributed by atoms with Gasteiger partial charge in [0.25, 0.3) is 0 Å². The smallest absolute Gasteiger partial charge is 0.245 e. The zero-order valence-electron chi connectivity index (χ0n) is 10.7. The van der Waals surface area contributed by atoms with Gasteiger partial charge in [0.05, 0.1) is 12.0 Å². The van der Waals surface area contributed by atoms with Crippen molar-refractivity contribution in [2.24, 2.45) is 5.92 Å². The number of anilines is 1. The Balaban J connectivity index is 1.99. The van der Waals surface area contributed by atoms with E-state index >= 15 is 0 Å². The molecule has 2 rings (SSSR count). The third kappa shape index (κ3) is 2.45. The second kappa shape index (κ2) is 5.09. The minimum Gasteiger partial charge on any atom is -0.373 e. The summed E-state index contributed by atoms with van der Waals surface area (Å²) in [5.74, 6) is -0.0870. The van der Waals surface area contributed by atoms with Gasteiger partial charge in [0.2, 0.25) is 5.91 Å². The SMILES string of the molecule is CC(C#N)CN(C)C(=O)C1Cc2ccccc2N1. The van der Waals surface area contributed by atoms with Crippen molar-refractivity contribution in [2.45, 2.75) is 19.4 Å². The molecule has 1 aliphatic rings. The van der Waals surface area contributed by atoms with E-state index in [1.807, 2.05) is 31.2 Å². The number of para-hydroxylation sites is 1. The van der Waals surface area contributed by atoms with Crippen LogP contribution in [0.5, 0.6) is 0 Å². The van der Waals surface area contributed by atoms with Crippen LogP contribution in [0.2, 0.25) is 0 Å². The number of amides is 1. The third-order valence-electron chi connectivity index (χ3n) is 3.21. The largest absolute Gasteiger partial charge is 0.373 e. The van der Waals surface area contributed by atoms with Gasteiger partial charge in [-0.25, -0.2) is 0 Å². The number of nitriles is 1. The zero-order valence-corrected chi connectivity index (χ0v) is 10.7. The predicted octanol–water partition coefficient (Wildman–Crippen LogP) is 1.64. The molecule has 94 valence electrons. The lowest BCUT2D eigenvalue weighted by atomic mass is 10.1. The van der Waals surface area contributed by atoms with Gasteiger partial charge in [-0.1, -0.05) is 18.2 Å². The van der Waals surface area contributed by atoms with E-state index in [0.29, 0.717) is 6.54 Å². The van der Waals surface area contributed by atoms with E-state index in [4.69, 9.17) is 5.26 Å². The Bertz CT molecular complexity index is 467. The molecule has 1 N–H and O–H groups in total. The van der Waals surface area contributed by atoms with Crippen molar-refractivity contribution in [1.29, 1.82) is 5.26 Å². The summed E-state index contributed by atoms with van der Waals surface area (Å²) in [6, 6.07) is 9.91. The number of hydrogen-bond donors (Lipinski definition) is 1. The lowest BCUT2D eigenvalue weighted by Crippen LogP contribution is -2.41. The van der Waals surface area contributed by atoms with Crippen LogP contribution >= 0.6 is 0 Å². The highest BCUT2D eigenvalue weighted by molar-refractivity contribution is 5.87. The van der Waals surface area contributed by atoms with Crippen molar-refractivity contribution in [3.63, 3.8) is 0 Å². The summed E-state index contributed by atoms with van der Waals surface area (Å²) in [5, 5.41) is 12.0. The number of fused-ring (bicyclic) bond motifs is 1. The quantitative estimate of drug-likeness (QED) is 0.878. The summed E-state index contributed by atoms with van der Waals surface area (Å²) < 4.78 is 0. The molecule has 0 aromatic heterocycles. The second-order valence-electron chi connectivity index (χ2n) is 4.81. The minimum absolute atomic E-state index is 0.0494. The van der Waals surface area contributed by atoms with E-state index in [2.05, 4.69) is 11.4 Å². The number of rotatable bonds is 3. The van der Waals surface area contributed by atoms with E-state index in [9.17, 15) is 4.79 Å². The first-order valence-electron chi connectivity index (χ1n) is 6.11. The van der Waals surface area contributed by atoms with Gasteiger partial charge in [-0.15, -0.1) is 0 Å². The molecule has 0 radical (unpaired) electrons. The molecule has 0 bridgehead atoms. The number of benzene rings is 1. The highest BCUT2D eigenvalue weighted by Gasteiger charge is 2.28. The highest BCUT2D eigenvalue weighted by atomic mass is 16.2. The van der Waals surface area contributed by atoms with Gasteiger partial charge in [0.1, 0.15) is 6.04 Å². The Morgan fingerprint density at radius 3 is 3.00 bits per heavy atom. The van der Waals surface area contributed by atoms with E-state index < -0.39 is 0 Å². The van der Waals surface area contributed by atoms with Crippen LogP contribution in [-0.4, -0.2) is 30.4 Å². The second-order valence-corrected chi connectivity index (χ2v) is 4.81. The molecule has 1 aromatic carbocycles. The molecule has 0 aliphatic carbocycles. The van der Waals surface area contributed by atoms with Crippen LogP contribution in [0.1, 0.15) is 12.5 Å². The standard InChI is InChI=1S/C14H17N3O/c1-10(8-15)9-17(2)14(18)13-7-11-5-3-4-6-12(11)16-13/h3-6,10,13,16H,7,9H2,1-2H3. The molecular weight excluding hydrogens is 226 g/mol. The molecule has 4 nitrogen and oxygen atoms in total. The number of likely N-dealkylation sites (N-methyl/N-ethyl adjacent to an activating group) is 1. The molecule has 1 aromatic rings. The Hall–Kier alpha value is -2.02. The molecule has 0 saturated heterocycles. The van der Waals surface area contributed by atoms with Crippen LogP contribution in [0.4, 0.5) is 5.69 Å². The fourth-order valence-electron chi connectivity index (χ4n) is 2.25. The molecule has 1 amide bonds. The van der Waals surface area contributed by atoms with Gasteiger partial charge in [0.15, 0.2) is 0 Å². The molecule has 1 aliphatic heterocycles. The molecule has 18 heavy (non-hydrogen) atoms. The number of hydrogen-bond acceptors (Lipinski definition) is 3. The average molecular weight is 243 g/mol. The van der Waals surface area contributed by atoms with Crippen LogP contribution in [0.25, 0.3) is 0 Å². The number of carbonyl (C=O) groups is 1. The number of carbonyl (C=O) groups excluding carboxylic acids is 1. The Morgan fingerprint density at radius 1 is 1.61 bits per heavy atom. The highest BCUT2D eigenvalue weighted by Crippen LogP contribution is 2.25. The van der Waals surface area contributed by atoms with Gasteiger partial charge in [0, 0.05) is 25.7 Å². The topological polar surface area (TPSA) is 56.1 Å². The summed E-state index contributed by atoms with van der Waals surface area (Å²) in [4.78, 5) is 13.9. The summed E-state index contributed by atoms with van der Waals surface area (Å²) in [7, 11) is 1.75. The maximum atomic E-state index is 12.2. The summed E-state index contributed by atoms with van der Waals surface area (Å²) in [6.45, 7) is 2.30. The molecule has 0 spiro atoms. The lowest BCUT2D eigenvalue weighted by Gasteiger charge is -2.22. The minimum atomic E-state index is -0.196. The summed E-state index contributed by atoms with van der Waals surface area (Å²) in [5.41, 5.74) is 2.22. The van der Waals surface area contributed by atoms with Gasteiger partial charge in [-0.3, -0.25) is 4.79 Å². The van der Waals surface area contributed by atoms with Crippen LogP contribution < -0.4 is 5.32 Å². The molecular formula is C14H17N3O. The molecule has 4 heteroatoms. The van der Waals surface area contributed by atoms with Crippen molar-refractivity contribution in [3.05, 3.63) is 29.8 Å². The zero-order chi connectivity index (χ0) is 13.1. The van der Waals surface area contributed by atoms with Crippen molar-refractivity contribution < 1.29 is 4.79 Å². The monoisotopic (exact) mass is 243 g/mol. The normalized spacial score (nSPS) is 18.4. The lowest BCUT2D eigenvalue weighted by molar-refractivity contribution is -0.130. The predicted molar refractivity (Wildman–Crippen MR) is 70.0 cm³/mol. The van der Waals surface area contributed by atoms with Gasteiger partial charge < -0.3 is 10.2 Å². The van der Waals surface area contributed by atoms with Crippen molar-refractivity contribution in [3.8, 4) is 6.07 Å². The first-order chi connectivity index (χ1) is 8.61. The maximum Gasteiger partial charge on any atom is 0.245 e. The van der Waals surface area contributed by atoms with Gasteiger partial charge in [-0.05, 0) is 18.6 Å². The Labute approximate surface area is 107 Å². The Kier molecular flexibility index (Phi) is 3.52. The molecule has 1 heterocycles. The first kappa shape index (κ1) is 12.4. The van der Waals surface area contributed by atoms with Crippen LogP contribution in [0.15, 0.2) is 24.3 Å².